The highest BCUT2D eigenvalue weighted by atomic mass is 79.9. The van der Waals surface area contributed by atoms with Crippen LogP contribution in [0.3, 0.4) is 0 Å². The monoisotopic (exact) mass is 417 g/mol. The average Bonchev–Trinajstić information content (AvgIpc) is 3.18. The lowest BCUT2D eigenvalue weighted by Crippen LogP contribution is -2.37. The molecule has 2 aromatic rings. The maximum absolute atomic E-state index is 13.4. The second kappa shape index (κ2) is 6.50. The molecule has 1 amide bonds. The van der Waals surface area contributed by atoms with E-state index in [2.05, 4.69) is 22.9 Å². The highest BCUT2D eigenvalue weighted by Gasteiger charge is 2.52. The van der Waals surface area contributed by atoms with Gasteiger partial charge >= 0.3 is 0 Å². The first kappa shape index (κ1) is 17.2. The maximum atomic E-state index is 13.4. The third-order valence-electron chi connectivity index (χ3n) is 4.95. The van der Waals surface area contributed by atoms with Crippen molar-refractivity contribution in [1.82, 2.24) is 0 Å². The molecule has 0 radical (unpaired) electrons. The predicted molar refractivity (Wildman–Crippen MR) is 102 cm³/mol. The Hall–Kier alpha value is -2.21. The molecule has 26 heavy (non-hydrogen) atoms. The molecular formula is C20H20BrNO4. The van der Waals surface area contributed by atoms with Crippen LogP contribution in [0, 0.1) is 0 Å². The molecule has 6 heteroatoms. The molecule has 0 bridgehead atoms. The Kier molecular flexibility index (Phi) is 4.31. The zero-order valence-corrected chi connectivity index (χ0v) is 16.1. The van der Waals surface area contributed by atoms with Crippen molar-refractivity contribution >= 4 is 27.5 Å². The number of ether oxygens (including phenoxy) is 2. The lowest BCUT2D eigenvalue weighted by molar-refractivity contribution is -0.119. The van der Waals surface area contributed by atoms with E-state index in [1.807, 2.05) is 29.2 Å². The molecule has 4 rings (SSSR count). The third kappa shape index (κ3) is 2.47. The van der Waals surface area contributed by atoms with Gasteiger partial charge in [-0.25, -0.2) is 0 Å². The number of aromatic hydroxyl groups is 1. The van der Waals surface area contributed by atoms with Gasteiger partial charge in [0.15, 0.2) is 15.8 Å². The third-order valence-corrected chi connectivity index (χ3v) is 6.15. The summed E-state index contributed by atoms with van der Waals surface area (Å²) in [5.74, 6) is 0.931. The second-order valence-electron chi connectivity index (χ2n) is 6.56. The molecule has 2 aliphatic heterocycles. The minimum atomic E-state index is -1.14. The molecule has 5 nitrogen and oxygen atoms in total. The van der Waals surface area contributed by atoms with Crippen LogP contribution >= 0.6 is 15.9 Å². The highest BCUT2D eigenvalue weighted by molar-refractivity contribution is 9.10. The first-order chi connectivity index (χ1) is 12.6. The van der Waals surface area contributed by atoms with E-state index in [9.17, 15) is 9.90 Å². The SMILES string of the molecule is CCCCCN1C(=O)C(Br)(c2cc3c(cc2O)OCO3)c2ccccc21. The van der Waals surface area contributed by atoms with Crippen LogP contribution < -0.4 is 14.4 Å². The van der Waals surface area contributed by atoms with Gasteiger partial charge in [-0.15, -0.1) is 0 Å². The van der Waals surface area contributed by atoms with Crippen LogP contribution in [-0.4, -0.2) is 24.4 Å². The van der Waals surface area contributed by atoms with Crippen molar-refractivity contribution in [3.63, 3.8) is 0 Å². The molecule has 1 N–H and O–H groups in total. The van der Waals surface area contributed by atoms with Gasteiger partial charge in [0, 0.05) is 29.4 Å². The average molecular weight is 418 g/mol. The summed E-state index contributed by atoms with van der Waals surface area (Å²) < 4.78 is 9.63. The Labute approximate surface area is 160 Å². The van der Waals surface area contributed by atoms with Crippen molar-refractivity contribution in [2.24, 2.45) is 0 Å². The molecule has 0 spiro atoms. The van der Waals surface area contributed by atoms with Gasteiger partial charge in [-0.05, 0) is 18.6 Å². The molecule has 0 aliphatic carbocycles. The number of phenols is 1. The Balaban J connectivity index is 1.82. The normalized spacial score (nSPS) is 20.5. The number of carbonyl (C=O) groups excluding carboxylic acids is 1. The number of unbranched alkanes of at least 4 members (excludes halogenated alkanes) is 2. The van der Waals surface area contributed by atoms with Gasteiger partial charge in [-0.1, -0.05) is 53.9 Å². The lowest BCUT2D eigenvalue weighted by Gasteiger charge is -2.24. The number of halogens is 1. The van der Waals surface area contributed by atoms with Gasteiger partial charge < -0.3 is 19.5 Å². The van der Waals surface area contributed by atoms with Gasteiger partial charge in [0.2, 0.25) is 6.79 Å². The molecule has 2 heterocycles. The molecular weight excluding hydrogens is 398 g/mol. The quantitative estimate of drug-likeness (QED) is 0.581. The molecule has 1 atom stereocenters. The Bertz CT molecular complexity index is 869. The van der Waals surface area contributed by atoms with E-state index >= 15 is 0 Å². The molecule has 1 unspecified atom stereocenters. The highest BCUT2D eigenvalue weighted by Crippen LogP contribution is 2.54. The topological polar surface area (TPSA) is 59.0 Å². The summed E-state index contributed by atoms with van der Waals surface area (Å²) in [6, 6.07) is 10.9. The van der Waals surface area contributed by atoms with E-state index < -0.39 is 4.32 Å². The zero-order valence-electron chi connectivity index (χ0n) is 14.5. The largest absolute Gasteiger partial charge is 0.507 e. The summed E-state index contributed by atoms with van der Waals surface area (Å²) in [5, 5.41) is 10.6. The molecule has 0 saturated carbocycles. The maximum Gasteiger partial charge on any atom is 0.253 e. The first-order valence-corrected chi connectivity index (χ1v) is 9.60. The smallest absolute Gasteiger partial charge is 0.253 e. The fraction of sp³-hybridized carbons (Fsp3) is 0.350. The minimum Gasteiger partial charge on any atom is -0.507 e. The van der Waals surface area contributed by atoms with Gasteiger partial charge in [0.25, 0.3) is 5.91 Å². The molecule has 136 valence electrons. The van der Waals surface area contributed by atoms with Gasteiger partial charge in [-0.3, -0.25) is 4.79 Å². The van der Waals surface area contributed by atoms with Crippen molar-refractivity contribution < 1.29 is 19.4 Å². The summed E-state index contributed by atoms with van der Waals surface area (Å²) in [5.41, 5.74) is 2.18. The number of anilines is 1. The van der Waals surface area contributed by atoms with Gasteiger partial charge in [0.1, 0.15) is 5.75 Å². The van der Waals surface area contributed by atoms with Crippen molar-refractivity contribution in [1.29, 1.82) is 0 Å². The van der Waals surface area contributed by atoms with Crippen LogP contribution in [0.2, 0.25) is 0 Å². The first-order valence-electron chi connectivity index (χ1n) is 8.80. The zero-order chi connectivity index (χ0) is 18.3. The summed E-state index contributed by atoms with van der Waals surface area (Å²) in [6.07, 6.45) is 3.09. The molecule has 0 saturated heterocycles. The van der Waals surface area contributed by atoms with E-state index in [0.717, 1.165) is 30.5 Å². The Morgan fingerprint density at radius 1 is 1.15 bits per heavy atom. The number of fused-ring (bicyclic) bond motifs is 2. The van der Waals surface area contributed by atoms with Crippen molar-refractivity contribution in [3.8, 4) is 17.2 Å². The van der Waals surface area contributed by atoms with Crippen LogP contribution in [0.4, 0.5) is 5.69 Å². The number of benzene rings is 2. The second-order valence-corrected chi connectivity index (χ2v) is 7.75. The van der Waals surface area contributed by atoms with Crippen LogP contribution in [0.25, 0.3) is 0 Å². The van der Waals surface area contributed by atoms with Crippen LogP contribution in [0.15, 0.2) is 36.4 Å². The predicted octanol–water partition coefficient (Wildman–Crippen LogP) is 4.30. The van der Waals surface area contributed by atoms with Gasteiger partial charge in [0.05, 0.1) is 0 Å². The fourth-order valence-corrected chi connectivity index (χ4v) is 4.49. The summed E-state index contributed by atoms with van der Waals surface area (Å²) >= 11 is 3.68. The summed E-state index contributed by atoms with van der Waals surface area (Å²) in [6.45, 7) is 2.91. The Morgan fingerprint density at radius 3 is 2.65 bits per heavy atom. The van der Waals surface area contributed by atoms with Crippen LogP contribution in [-0.2, 0) is 9.12 Å². The van der Waals surface area contributed by atoms with Crippen molar-refractivity contribution in [2.75, 3.05) is 18.2 Å². The number of carbonyl (C=O) groups is 1. The number of hydrogen-bond donors (Lipinski definition) is 1. The Morgan fingerprint density at radius 2 is 1.88 bits per heavy atom. The number of phenolic OH excluding ortho intramolecular Hbond substituents is 1. The number of rotatable bonds is 5. The molecule has 0 fully saturated rings. The summed E-state index contributed by atoms with van der Waals surface area (Å²) in [4.78, 5) is 15.2. The number of para-hydroxylation sites is 1. The van der Waals surface area contributed by atoms with Crippen LogP contribution in [0.5, 0.6) is 17.2 Å². The van der Waals surface area contributed by atoms with E-state index in [4.69, 9.17) is 9.47 Å². The van der Waals surface area contributed by atoms with Crippen molar-refractivity contribution in [3.05, 3.63) is 47.5 Å². The van der Waals surface area contributed by atoms with Gasteiger partial charge in [-0.2, -0.15) is 0 Å². The molecule has 0 aromatic heterocycles. The molecule has 2 aromatic carbocycles. The minimum absolute atomic E-state index is 0.00434. The van der Waals surface area contributed by atoms with E-state index in [0.29, 0.717) is 23.6 Å². The van der Waals surface area contributed by atoms with Crippen molar-refractivity contribution in [2.45, 2.75) is 30.5 Å². The number of alkyl halides is 1. The summed E-state index contributed by atoms with van der Waals surface area (Å²) in [7, 11) is 0. The number of hydrogen-bond acceptors (Lipinski definition) is 4. The lowest BCUT2D eigenvalue weighted by atomic mass is 9.91. The van der Waals surface area contributed by atoms with E-state index in [1.165, 1.54) is 6.07 Å². The van der Waals surface area contributed by atoms with Crippen LogP contribution in [0.1, 0.15) is 37.3 Å². The molecule has 2 aliphatic rings. The fourth-order valence-electron chi connectivity index (χ4n) is 3.62. The number of nitrogens with zero attached hydrogens (tertiary/aromatic N) is 1. The number of amides is 1. The van der Waals surface area contributed by atoms with E-state index in [1.54, 1.807) is 6.07 Å². The standard InChI is InChI=1S/C20H20BrNO4/c1-2-3-6-9-22-15-8-5-4-7-13(15)20(21,19(22)24)14-10-17-18(11-16(14)23)26-12-25-17/h4-5,7-8,10-11,23H,2-3,6,9,12H2,1H3. The van der Waals surface area contributed by atoms with E-state index in [-0.39, 0.29) is 18.4 Å².